The van der Waals surface area contributed by atoms with Crippen LogP contribution in [0.2, 0.25) is 0 Å². The molecule has 5 heteroatoms. The van der Waals surface area contributed by atoms with Crippen molar-refractivity contribution in [2.45, 2.75) is 19.2 Å². The second kappa shape index (κ2) is 9.25. The minimum Gasteiger partial charge on any atom is -0.283 e. The lowest BCUT2D eigenvalue weighted by Crippen LogP contribution is -2.31. The van der Waals surface area contributed by atoms with Crippen LogP contribution < -0.4 is 4.90 Å². The van der Waals surface area contributed by atoms with Crippen LogP contribution in [0.25, 0.3) is 10.2 Å². The molecule has 4 aromatic rings. The molecule has 3 nitrogen and oxygen atoms in total. The van der Waals surface area contributed by atoms with Gasteiger partial charge in [0.2, 0.25) is 5.91 Å². The maximum Gasteiger partial charge on any atom is 0.239 e. The van der Waals surface area contributed by atoms with E-state index in [9.17, 15) is 4.79 Å². The second-order valence-corrected chi connectivity index (χ2v) is 8.86. The number of anilines is 1. The average Bonchev–Trinajstić information content (AvgIpc) is 3.19. The second-order valence-electron chi connectivity index (χ2n) is 6.86. The first-order chi connectivity index (χ1) is 14.2. The molecule has 0 fully saturated rings. The Bertz CT molecular complexity index is 1090. The number of benzene rings is 3. The van der Waals surface area contributed by atoms with Gasteiger partial charge < -0.3 is 0 Å². The van der Waals surface area contributed by atoms with E-state index in [1.165, 1.54) is 5.56 Å². The molecule has 4 rings (SSSR count). The predicted molar refractivity (Wildman–Crippen MR) is 125 cm³/mol. The van der Waals surface area contributed by atoms with Crippen molar-refractivity contribution in [2.24, 2.45) is 0 Å². The molecule has 1 aromatic heterocycles. The van der Waals surface area contributed by atoms with Crippen LogP contribution in [-0.4, -0.2) is 16.6 Å². The first kappa shape index (κ1) is 19.7. The molecule has 146 valence electrons. The Morgan fingerprint density at radius 3 is 2.31 bits per heavy atom. The first-order valence-corrected chi connectivity index (χ1v) is 11.5. The van der Waals surface area contributed by atoms with Crippen LogP contribution in [-0.2, 0) is 17.1 Å². The normalized spacial score (nSPS) is 10.9. The van der Waals surface area contributed by atoms with Crippen LogP contribution in [0.3, 0.4) is 0 Å². The van der Waals surface area contributed by atoms with Crippen LogP contribution in [0.5, 0.6) is 0 Å². The van der Waals surface area contributed by atoms with E-state index in [0.717, 1.165) is 32.2 Å². The maximum atomic E-state index is 13.2. The largest absolute Gasteiger partial charge is 0.283 e. The van der Waals surface area contributed by atoms with E-state index in [1.807, 2.05) is 47.4 Å². The smallest absolute Gasteiger partial charge is 0.239 e. The number of fused-ring (bicyclic) bond motifs is 1. The molecule has 0 radical (unpaired) electrons. The minimum absolute atomic E-state index is 0.0893. The SMILES string of the molecule is Cc1cccc2sc(N(Cc3ccccc3)C(=O)CSCc3ccccc3)nc12. The molecule has 1 amide bonds. The summed E-state index contributed by atoms with van der Waals surface area (Å²) in [6, 6.07) is 26.5. The summed E-state index contributed by atoms with van der Waals surface area (Å²) in [6.45, 7) is 2.59. The molecule has 1 heterocycles. The van der Waals surface area contributed by atoms with E-state index >= 15 is 0 Å². The fraction of sp³-hybridized carbons (Fsp3) is 0.167. The zero-order chi connectivity index (χ0) is 20.1. The van der Waals surface area contributed by atoms with Gasteiger partial charge in [0.15, 0.2) is 5.13 Å². The predicted octanol–water partition coefficient (Wildman–Crippen LogP) is 6.07. The molecule has 0 bridgehead atoms. The quantitative estimate of drug-likeness (QED) is 0.365. The molecule has 0 aliphatic heterocycles. The van der Waals surface area contributed by atoms with Gasteiger partial charge in [0.1, 0.15) is 0 Å². The number of hydrogen-bond donors (Lipinski definition) is 0. The number of aryl methyl sites for hydroxylation is 1. The van der Waals surface area contributed by atoms with Crippen molar-refractivity contribution in [3.63, 3.8) is 0 Å². The monoisotopic (exact) mass is 418 g/mol. The molecule has 0 N–H and O–H groups in total. The van der Waals surface area contributed by atoms with E-state index in [2.05, 4.69) is 43.3 Å². The van der Waals surface area contributed by atoms with Crippen LogP contribution in [0.4, 0.5) is 5.13 Å². The molecular formula is C24H22N2OS2. The zero-order valence-corrected chi connectivity index (χ0v) is 17.9. The van der Waals surface area contributed by atoms with E-state index < -0.39 is 0 Å². The van der Waals surface area contributed by atoms with Crippen LogP contribution >= 0.6 is 23.1 Å². The minimum atomic E-state index is 0.0893. The van der Waals surface area contributed by atoms with Gasteiger partial charge >= 0.3 is 0 Å². The van der Waals surface area contributed by atoms with Crippen molar-refractivity contribution in [3.8, 4) is 0 Å². The fourth-order valence-corrected chi connectivity index (χ4v) is 5.05. The highest BCUT2D eigenvalue weighted by Crippen LogP contribution is 2.32. The van der Waals surface area contributed by atoms with Crippen molar-refractivity contribution in [1.29, 1.82) is 0 Å². The van der Waals surface area contributed by atoms with Gasteiger partial charge in [0.25, 0.3) is 0 Å². The number of thiazole rings is 1. The molecule has 0 unspecified atom stereocenters. The molecule has 0 spiro atoms. The Morgan fingerprint density at radius 1 is 0.931 bits per heavy atom. The van der Waals surface area contributed by atoms with Gasteiger partial charge in [-0.25, -0.2) is 4.98 Å². The summed E-state index contributed by atoms with van der Waals surface area (Å²) in [7, 11) is 0. The van der Waals surface area contributed by atoms with Gasteiger partial charge in [0, 0.05) is 5.75 Å². The van der Waals surface area contributed by atoms with Crippen molar-refractivity contribution in [3.05, 3.63) is 95.6 Å². The highest BCUT2D eigenvalue weighted by atomic mass is 32.2. The number of carbonyl (C=O) groups is 1. The van der Waals surface area contributed by atoms with Crippen LogP contribution in [0.1, 0.15) is 16.7 Å². The van der Waals surface area contributed by atoms with Crippen molar-refractivity contribution >= 4 is 44.4 Å². The van der Waals surface area contributed by atoms with Gasteiger partial charge in [-0.05, 0) is 29.7 Å². The number of carbonyl (C=O) groups excluding carboxylic acids is 1. The lowest BCUT2D eigenvalue weighted by Gasteiger charge is -2.20. The summed E-state index contributed by atoms with van der Waals surface area (Å²) in [5, 5.41) is 0.767. The molecule has 0 saturated carbocycles. The van der Waals surface area contributed by atoms with Gasteiger partial charge in [-0.15, -0.1) is 11.8 Å². The number of nitrogens with zero attached hydrogens (tertiary/aromatic N) is 2. The van der Waals surface area contributed by atoms with E-state index in [4.69, 9.17) is 4.98 Å². The molecule has 0 saturated heterocycles. The Balaban J connectivity index is 1.55. The molecule has 29 heavy (non-hydrogen) atoms. The highest BCUT2D eigenvalue weighted by Gasteiger charge is 2.20. The molecule has 0 aliphatic rings. The summed E-state index contributed by atoms with van der Waals surface area (Å²) in [6.07, 6.45) is 0. The molecule has 3 aromatic carbocycles. The van der Waals surface area contributed by atoms with Crippen LogP contribution in [0, 0.1) is 6.92 Å². The third kappa shape index (κ3) is 4.86. The fourth-order valence-electron chi connectivity index (χ4n) is 3.13. The Morgan fingerprint density at radius 2 is 1.62 bits per heavy atom. The van der Waals surface area contributed by atoms with Gasteiger partial charge in [-0.1, -0.05) is 84.1 Å². The maximum absolute atomic E-state index is 13.2. The van der Waals surface area contributed by atoms with E-state index in [1.54, 1.807) is 23.1 Å². The Kier molecular flexibility index (Phi) is 6.27. The number of rotatable bonds is 7. The lowest BCUT2D eigenvalue weighted by atomic mass is 10.2. The molecule has 0 atom stereocenters. The van der Waals surface area contributed by atoms with Gasteiger partial charge in [-0.3, -0.25) is 9.69 Å². The Hall–Kier alpha value is -2.63. The van der Waals surface area contributed by atoms with Gasteiger partial charge in [-0.2, -0.15) is 0 Å². The van der Waals surface area contributed by atoms with Crippen molar-refractivity contribution in [2.75, 3.05) is 10.7 Å². The third-order valence-corrected chi connectivity index (χ3v) is 6.69. The number of thioether (sulfide) groups is 1. The first-order valence-electron chi connectivity index (χ1n) is 9.53. The average molecular weight is 419 g/mol. The number of hydrogen-bond acceptors (Lipinski definition) is 4. The summed E-state index contributed by atoms with van der Waals surface area (Å²) < 4.78 is 1.11. The zero-order valence-electron chi connectivity index (χ0n) is 16.2. The van der Waals surface area contributed by atoms with E-state index in [0.29, 0.717) is 12.3 Å². The standard InChI is InChI=1S/C24H22N2OS2/c1-18-9-8-14-21-23(18)25-24(29-21)26(15-19-10-4-2-5-11-19)22(27)17-28-16-20-12-6-3-7-13-20/h2-14H,15-17H2,1H3. The summed E-state index contributed by atoms with van der Waals surface area (Å²) >= 11 is 3.23. The summed E-state index contributed by atoms with van der Waals surface area (Å²) in [5.41, 5.74) is 4.45. The third-order valence-electron chi connectivity index (χ3n) is 4.66. The molecular weight excluding hydrogens is 396 g/mol. The highest BCUT2D eigenvalue weighted by molar-refractivity contribution is 7.99. The van der Waals surface area contributed by atoms with Crippen molar-refractivity contribution in [1.82, 2.24) is 4.98 Å². The Labute approximate surface area is 179 Å². The molecule has 0 aliphatic carbocycles. The van der Waals surface area contributed by atoms with Crippen LogP contribution in [0.15, 0.2) is 78.9 Å². The number of aromatic nitrogens is 1. The van der Waals surface area contributed by atoms with Gasteiger partial charge in [0.05, 0.1) is 22.5 Å². The van der Waals surface area contributed by atoms with E-state index in [-0.39, 0.29) is 5.91 Å². The number of amides is 1. The topological polar surface area (TPSA) is 33.2 Å². The summed E-state index contributed by atoms with van der Waals surface area (Å²) in [4.78, 5) is 19.8. The summed E-state index contributed by atoms with van der Waals surface area (Å²) in [5.74, 6) is 1.34. The number of para-hydroxylation sites is 1. The lowest BCUT2D eigenvalue weighted by molar-refractivity contribution is -0.116. The van der Waals surface area contributed by atoms with Crippen molar-refractivity contribution < 1.29 is 4.79 Å².